The van der Waals surface area contributed by atoms with Crippen LogP contribution in [-0.4, -0.2) is 45.4 Å². The van der Waals surface area contributed by atoms with E-state index in [1.54, 1.807) is 16.3 Å². The van der Waals surface area contributed by atoms with E-state index in [0.717, 1.165) is 22.6 Å². The highest BCUT2D eigenvalue weighted by Crippen LogP contribution is 2.43. The Bertz CT molecular complexity index is 1000. The maximum absolute atomic E-state index is 12.9. The summed E-state index contributed by atoms with van der Waals surface area (Å²) in [4.78, 5) is 14.5. The third-order valence-electron chi connectivity index (χ3n) is 5.97. The molecule has 7 heteroatoms. The van der Waals surface area contributed by atoms with E-state index in [-0.39, 0.29) is 17.1 Å². The summed E-state index contributed by atoms with van der Waals surface area (Å²) in [5, 5.41) is 0. The number of methoxy groups -OCH3 is 1. The molecule has 2 heterocycles. The second-order valence-corrected chi connectivity index (χ2v) is 10.1. The Kier molecular flexibility index (Phi) is 5.12. The fourth-order valence-corrected chi connectivity index (χ4v) is 5.92. The number of aryl methyl sites for hydroxylation is 1. The Labute approximate surface area is 172 Å². The Hall–Kier alpha value is -2.38. The molecule has 0 aromatic heterocycles. The molecule has 2 aliphatic heterocycles. The van der Waals surface area contributed by atoms with Gasteiger partial charge >= 0.3 is 0 Å². The van der Waals surface area contributed by atoms with Gasteiger partial charge in [-0.15, -0.1) is 0 Å². The molecule has 0 aliphatic carbocycles. The number of anilines is 1. The minimum Gasteiger partial charge on any atom is -0.497 e. The number of rotatable bonds is 5. The van der Waals surface area contributed by atoms with Crippen LogP contribution in [0.2, 0.25) is 0 Å². The van der Waals surface area contributed by atoms with Crippen LogP contribution in [0.3, 0.4) is 0 Å². The van der Waals surface area contributed by atoms with E-state index >= 15 is 0 Å². The van der Waals surface area contributed by atoms with Crippen LogP contribution in [0, 0.1) is 12.3 Å². The molecule has 4 rings (SSSR count). The highest BCUT2D eigenvalue weighted by molar-refractivity contribution is 7.88. The standard InChI is InChI=1S/C22H26N2O4S/c1-17-3-5-18(6-4-17)14-29(26,27)23-12-11-22(15-23)13-21(25)24(16-22)19-7-9-20(28-2)10-8-19/h3-10H,11-16H2,1-2H3. The molecule has 0 saturated carbocycles. The van der Waals surface area contributed by atoms with Crippen molar-refractivity contribution in [1.29, 1.82) is 0 Å². The third kappa shape index (κ3) is 4.02. The molecule has 2 aromatic carbocycles. The normalized spacial score (nSPS) is 22.6. The molecule has 1 spiro atoms. The van der Waals surface area contributed by atoms with E-state index in [0.29, 0.717) is 32.5 Å². The lowest BCUT2D eigenvalue weighted by Gasteiger charge is -2.24. The Morgan fingerprint density at radius 1 is 1.03 bits per heavy atom. The summed E-state index contributed by atoms with van der Waals surface area (Å²) in [7, 11) is -1.80. The largest absolute Gasteiger partial charge is 0.497 e. The van der Waals surface area contributed by atoms with E-state index in [9.17, 15) is 13.2 Å². The zero-order valence-corrected chi connectivity index (χ0v) is 17.6. The van der Waals surface area contributed by atoms with Gasteiger partial charge in [0.05, 0.1) is 12.9 Å². The zero-order valence-electron chi connectivity index (χ0n) is 16.8. The van der Waals surface area contributed by atoms with Crippen molar-refractivity contribution in [3.63, 3.8) is 0 Å². The van der Waals surface area contributed by atoms with Gasteiger partial charge in [-0.1, -0.05) is 29.8 Å². The number of carbonyl (C=O) groups is 1. The monoisotopic (exact) mass is 414 g/mol. The van der Waals surface area contributed by atoms with E-state index in [4.69, 9.17) is 4.74 Å². The van der Waals surface area contributed by atoms with Crippen molar-refractivity contribution in [1.82, 2.24) is 4.31 Å². The van der Waals surface area contributed by atoms with Crippen LogP contribution in [-0.2, 0) is 20.6 Å². The van der Waals surface area contributed by atoms with Gasteiger partial charge in [-0.05, 0) is 43.2 Å². The van der Waals surface area contributed by atoms with Crippen LogP contribution in [0.25, 0.3) is 0 Å². The molecule has 2 aliphatic rings. The molecule has 2 saturated heterocycles. The summed E-state index contributed by atoms with van der Waals surface area (Å²) in [6.45, 7) is 3.40. The number of hydrogen-bond acceptors (Lipinski definition) is 4. The summed E-state index contributed by atoms with van der Waals surface area (Å²) in [6, 6.07) is 15.0. The molecule has 154 valence electrons. The quantitative estimate of drug-likeness (QED) is 0.754. The first-order valence-electron chi connectivity index (χ1n) is 9.78. The summed E-state index contributed by atoms with van der Waals surface area (Å²) < 4.78 is 32.6. The third-order valence-corrected chi connectivity index (χ3v) is 7.77. The van der Waals surface area contributed by atoms with E-state index < -0.39 is 10.0 Å². The molecule has 6 nitrogen and oxygen atoms in total. The lowest BCUT2D eigenvalue weighted by atomic mass is 9.86. The number of carbonyl (C=O) groups excluding carboxylic acids is 1. The average Bonchev–Trinajstić information content (AvgIpc) is 3.27. The minimum atomic E-state index is -3.41. The van der Waals surface area contributed by atoms with Crippen molar-refractivity contribution >= 4 is 21.6 Å². The minimum absolute atomic E-state index is 0.000495. The van der Waals surface area contributed by atoms with Gasteiger partial charge in [-0.2, -0.15) is 0 Å². The number of amides is 1. The Balaban J connectivity index is 1.46. The first-order valence-corrected chi connectivity index (χ1v) is 11.4. The molecular formula is C22H26N2O4S. The van der Waals surface area contributed by atoms with E-state index in [1.807, 2.05) is 55.5 Å². The van der Waals surface area contributed by atoms with Crippen molar-refractivity contribution in [2.75, 3.05) is 31.6 Å². The molecule has 0 radical (unpaired) electrons. The van der Waals surface area contributed by atoms with Crippen LogP contribution in [0.4, 0.5) is 5.69 Å². The first kappa shape index (κ1) is 19.9. The topological polar surface area (TPSA) is 66.9 Å². The van der Waals surface area contributed by atoms with Crippen molar-refractivity contribution in [2.24, 2.45) is 5.41 Å². The highest BCUT2D eigenvalue weighted by Gasteiger charge is 2.50. The molecular weight excluding hydrogens is 388 g/mol. The molecule has 2 fully saturated rings. The summed E-state index contributed by atoms with van der Waals surface area (Å²) in [5.74, 6) is 0.789. The fourth-order valence-electron chi connectivity index (χ4n) is 4.28. The Morgan fingerprint density at radius 2 is 1.72 bits per heavy atom. The number of hydrogen-bond donors (Lipinski definition) is 0. The van der Waals surface area contributed by atoms with Gasteiger partial charge in [0.15, 0.2) is 0 Å². The molecule has 29 heavy (non-hydrogen) atoms. The maximum Gasteiger partial charge on any atom is 0.227 e. The second-order valence-electron chi connectivity index (χ2n) is 8.18. The smallest absolute Gasteiger partial charge is 0.227 e. The molecule has 0 N–H and O–H groups in total. The van der Waals surface area contributed by atoms with Crippen LogP contribution in [0.1, 0.15) is 24.0 Å². The van der Waals surface area contributed by atoms with Gasteiger partial charge in [0.25, 0.3) is 0 Å². The zero-order chi connectivity index (χ0) is 20.6. The van der Waals surface area contributed by atoms with Gasteiger partial charge in [-0.3, -0.25) is 4.79 Å². The number of ether oxygens (including phenoxy) is 1. The molecule has 0 bridgehead atoms. The van der Waals surface area contributed by atoms with E-state index in [1.165, 1.54) is 0 Å². The van der Waals surface area contributed by atoms with Gasteiger partial charge in [0, 0.05) is 37.2 Å². The van der Waals surface area contributed by atoms with Gasteiger partial charge in [-0.25, -0.2) is 12.7 Å². The van der Waals surface area contributed by atoms with Crippen LogP contribution >= 0.6 is 0 Å². The van der Waals surface area contributed by atoms with Crippen LogP contribution in [0.15, 0.2) is 48.5 Å². The van der Waals surface area contributed by atoms with Crippen molar-refractivity contribution in [2.45, 2.75) is 25.5 Å². The average molecular weight is 415 g/mol. The lowest BCUT2D eigenvalue weighted by Crippen LogP contribution is -2.34. The van der Waals surface area contributed by atoms with Gasteiger partial charge in [0.2, 0.25) is 15.9 Å². The van der Waals surface area contributed by atoms with Crippen molar-refractivity contribution < 1.29 is 17.9 Å². The number of sulfonamides is 1. The summed E-state index contributed by atoms with van der Waals surface area (Å²) in [5.41, 5.74) is 2.42. The fraction of sp³-hybridized carbons (Fsp3) is 0.409. The van der Waals surface area contributed by atoms with Crippen LogP contribution < -0.4 is 9.64 Å². The van der Waals surface area contributed by atoms with Crippen molar-refractivity contribution in [3.05, 3.63) is 59.7 Å². The highest BCUT2D eigenvalue weighted by atomic mass is 32.2. The molecule has 1 unspecified atom stereocenters. The van der Waals surface area contributed by atoms with Crippen molar-refractivity contribution in [3.8, 4) is 5.75 Å². The summed E-state index contributed by atoms with van der Waals surface area (Å²) in [6.07, 6.45) is 1.09. The van der Waals surface area contributed by atoms with Crippen LogP contribution in [0.5, 0.6) is 5.75 Å². The predicted octanol–water partition coefficient (Wildman–Crippen LogP) is 2.96. The van der Waals surface area contributed by atoms with Gasteiger partial charge < -0.3 is 9.64 Å². The SMILES string of the molecule is COc1ccc(N2CC3(CCN(S(=O)(=O)Cc4ccc(C)cc4)C3)CC2=O)cc1. The van der Waals surface area contributed by atoms with Gasteiger partial charge in [0.1, 0.15) is 5.75 Å². The van der Waals surface area contributed by atoms with E-state index in [2.05, 4.69) is 0 Å². The molecule has 1 amide bonds. The predicted molar refractivity (Wildman–Crippen MR) is 112 cm³/mol. The molecule has 1 atom stereocenters. The number of nitrogens with zero attached hydrogens (tertiary/aromatic N) is 2. The number of benzene rings is 2. The molecule has 2 aromatic rings. The second kappa shape index (κ2) is 7.46. The Morgan fingerprint density at radius 3 is 2.38 bits per heavy atom. The first-order chi connectivity index (χ1) is 13.8. The lowest BCUT2D eigenvalue weighted by molar-refractivity contribution is -0.117. The summed E-state index contributed by atoms with van der Waals surface area (Å²) >= 11 is 0. The maximum atomic E-state index is 12.9.